The number of aliphatic hydroxyl groups is 2. The molecule has 0 saturated heterocycles. The summed E-state index contributed by atoms with van der Waals surface area (Å²) in [5.41, 5.74) is 0. The fourth-order valence-electron chi connectivity index (χ4n) is 10.7. The first-order chi connectivity index (χ1) is 37.0. The second-order valence-corrected chi connectivity index (χ2v) is 23.5. The minimum atomic E-state index is -0.840. The van der Waals surface area contributed by atoms with E-state index in [1.807, 2.05) is 6.08 Å². The van der Waals surface area contributed by atoms with E-state index in [1.165, 1.54) is 308 Å². The monoisotopic (exact) mass is 1060 g/mol. The molecule has 0 radical (unpaired) electrons. The number of hydrogen-bond donors (Lipinski definition) is 3. The van der Waals surface area contributed by atoms with E-state index in [-0.39, 0.29) is 18.5 Å². The van der Waals surface area contributed by atoms with E-state index in [4.69, 9.17) is 4.74 Å². The molecule has 6 heteroatoms. The van der Waals surface area contributed by atoms with Crippen molar-refractivity contribution in [3.05, 3.63) is 24.3 Å². The molecule has 75 heavy (non-hydrogen) atoms. The van der Waals surface area contributed by atoms with E-state index in [9.17, 15) is 19.8 Å². The van der Waals surface area contributed by atoms with Crippen LogP contribution in [0.2, 0.25) is 0 Å². The van der Waals surface area contributed by atoms with Gasteiger partial charge in [-0.15, -0.1) is 0 Å². The van der Waals surface area contributed by atoms with Crippen molar-refractivity contribution in [1.82, 2.24) is 5.32 Å². The highest BCUT2D eigenvalue weighted by Gasteiger charge is 2.18. The summed E-state index contributed by atoms with van der Waals surface area (Å²) < 4.78 is 5.47. The predicted molar refractivity (Wildman–Crippen MR) is 329 cm³/mol. The molecule has 0 saturated carbocycles. The molecule has 1 amide bonds. The minimum absolute atomic E-state index is 0.0106. The normalized spacial score (nSPS) is 12.6. The number of carbonyl (C=O) groups excluding carboxylic acids is 2. The molecule has 0 aromatic rings. The van der Waals surface area contributed by atoms with Crippen LogP contribution in [-0.2, 0) is 14.3 Å². The maximum Gasteiger partial charge on any atom is 0.305 e. The minimum Gasteiger partial charge on any atom is -0.466 e. The Balaban J connectivity index is 3.32. The molecule has 2 unspecified atom stereocenters. The number of ether oxygens (including phenoxy) is 1. The van der Waals surface area contributed by atoms with Crippen molar-refractivity contribution in [3.8, 4) is 0 Å². The fourth-order valence-corrected chi connectivity index (χ4v) is 10.7. The molecule has 0 aromatic heterocycles. The van der Waals surface area contributed by atoms with Gasteiger partial charge in [0.1, 0.15) is 0 Å². The lowest BCUT2D eigenvalue weighted by molar-refractivity contribution is -0.143. The Bertz CT molecular complexity index is 1170. The molecule has 0 fully saturated rings. The summed E-state index contributed by atoms with van der Waals surface area (Å²) in [5, 5.41) is 23.1. The molecule has 0 aliphatic rings. The quantitative estimate of drug-likeness (QED) is 0.0320. The third-order valence-corrected chi connectivity index (χ3v) is 16.0. The third kappa shape index (κ3) is 61.4. The van der Waals surface area contributed by atoms with E-state index < -0.39 is 12.1 Å². The Morgan fingerprint density at radius 1 is 0.360 bits per heavy atom. The second kappa shape index (κ2) is 64.9. The number of rotatable bonds is 64. The Morgan fingerprint density at radius 3 is 0.987 bits per heavy atom. The summed E-state index contributed by atoms with van der Waals surface area (Å²) in [5.74, 6) is -0.0506. The first-order valence-corrected chi connectivity index (χ1v) is 34.1. The summed E-state index contributed by atoms with van der Waals surface area (Å²) >= 11 is 0. The van der Waals surface area contributed by atoms with Crippen LogP contribution in [0.25, 0.3) is 0 Å². The molecule has 0 bridgehead atoms. The van der Waals surface area contributed by atoms with Gasteiger partial charge < -0.3 is 20.3 Å². The summed E-state index contributed by atoms with van der Waals surface area (Å²) in [6.45, 7) is 4.89. The Labute approximate surface area is 469 Å². The second-order valence-electron chi connectivity index (χ2n) is 23.5. The molecular formula is C69H133NO5. The zero-order valence-corrected chi connectivity index (χ0v) is 50.8. The van der Waals surface area contributed by atoms with E-state index in [0.29, 0.717) is 19.4 Å². The molecule has 0 aliphatic heterocycles. The van der Waals surface area contributed by atoms with Crippen LogP contribution in [0.4, 0.5) is 0 Å². The van der Waals surface area contributed by atoms with Crippen LogP contribution in [0.3, 0.4) is 0 Å². The molecule has 0 aromatic carbocycles. The Morgan fingerprint density at radius 2 is 0.640 bits per heavy atom. The van der Waals surface area contributed by atoms with E-state index in [2.05, 4.69) is 31.3 Å². The highest BCUT2D eigenvalue weighted by molar-refractivity contribution is 5.76. The number of carbonyl (C=O) groups is 2. The van der Waals surface area contributed by atoms with Gasteiger partial charge in [-0.1, -0.05) is 340 Å². The molecule has 0 rings (SSSR count). The van der Waals surface area contributed by atoms with Crippen LogP contribution in [-0.4, -0.2) is 47.4 Å². The van der Waals surface area contributed by atoms with Crippen LogP contribution in [0.1, 0.15) is 380 Å². The highest BCUT2D eigenvalue weighted by Crippen LogP contribution is 2.19. The van der Waals surface area contributed by atoms with Gasteiger partial charge in [-0.2, -0.15) is 0 Å². The predicted octanol–water partition coefficient (Wildman–Crippen LogP) is 21.8. The standard InChI is InChI=1S/C69H133NO5/c1-3-5-7-9-11-13-15-16-38-42-45-49-53-57-61-67(72)66(65-71)70-68(73)62-58-54-50-46-43-39-36-34-32-30-28-26-24-22-20-18-17-19-21-23-25-27-29-31-33-35-37-40-44-48-52-56-60-64-75-69(74)63-59-55-51-47-41-14-12-10-8-6-4-2/h10,12,57,61,66-67,71-72H,3-9,11,13-56,58-60,62-65H2,1-2H3,(H,70,73)/b12-10-,61-57+. The molecular weight excluding hydrogens is 923 g/mol. The van der Waals surface area contributed by atoms with E-state index in [0.717, 1.165) is 44.9 Å². The van der Waals surface area contributed by atoms with Gasteiger partial charge in [0.15, 0.2) is 0 Å². The Kier molecular flexibility index (Phi) is 63.4. The van der Waals surface area contributed by atoms with Gasteiger partial charge >= 0.3 is 5.97 Å². The molecule has 0 heterocycles. The van der Waals surface area contributed by atoms with Gasteiger partial charge in [-0.05, 0) is 51.4 Å². The summed E-state index contributed by atoms with van der Waals surface area (Å²) in [4.78, 5) is 24.5. The van der Waals surface area contributed by atoms with Gasteiger partial charge in [-0.25, -0.2) is 0 Å². The topological polar surface area (TPSA) is 95.9 Å². The van der Waals surface area contributed by atoms with Crippen molar-refractivity contribution in [2.45, 2.75) is 392 Å². The zero-order valence-electron chi connectivity index (χ0n) is 50.8. The first-order valence-electron chi connectivity index (χ1n) is 34.1. The number of esters is 1. The summed E-state index contributed by atoms with van der Waals surface area (Å²) in [7, 11) is 0. The summed E-state index contributed by atoms with van der Waals surface area (Å²) in [6.07, 6.45) is 81.2. The maximum absolute atomic E-state index is 12.5. The van der Waals surface area contributed by atoms with Gasteiger partial charge in [0, 0.05) is 12.8 Å². The summed E-state index contributed by atoms with van der Waals surface area (Å²) in [6, 6.07) is -0.623. The molecule has 3 N–H and O–H groups in total. The van der Waals surface area contributed by atoms with Crippen molar-refractivity contribution < 1.29 is 24.5 Å². The van der Waals surface area contributed by atoms with Crippen LogP contribution < -0.4 is 5.32 Å². The van der Waals surface area contributed by atoms with Gasteiger partial charge in [-0.3, -0.25) is 9.59 Å². The van der Waals surface area contributed by atoms with Crippen molar-refractivity contribution in [2.75, 3.05) is 13.2 Å². The largest absolute Gasteiger partial charge is 0.466 e. The van der Waals surface area contributed by atoms with Gasteiger partial charge in [0.25, 0.3) is 0 Å². The van der Waals surface area contributed by atoms with Crippen LogP contribution in [0, 0.1) is 0 Å². The zero-order chi connectivity index (χ0) is 54.3. The van der Waals surface area contributed by atoms with Crippen LogP contribution >= 0.6 is 0 Å². The van der Waals surface area contributed by atoms with E-state index in [1.54, 1.807) is 6.08 Å². The van der Waals surface area contributed by atoms with Crippen molar-refractivity contribution in [2.24, 2.45) is 0 Å². The first kappa shape index (κ1) is 73.3. The van der Waals surface area contributed by atoms with Gasteiger partial charge in [0.2, 0.25) is 5.91 Å². The van der Waals surface area contributed by atoms with E-state index >= 15 is 0 Å². The smallest absolute Gasteiger partial charge is 0.305 e. The molecule has 0 spiro atoms. The third-order valence-electron chi connectivity index (χ3n) is 16.0. The highest BCUT2D eigenvalue weighted by atomic mass is 16.5. The molecule has 0 aliphatic carbocycles. The SMILES string of the molecule is CCCC/C=C\CCCCCCCC(=O)OCCCCCCCCCCCCCCCCCCCCCCCCCCCCCCCCCCCC(=O)NC(CO)C(O)/C=C/CCCCCCCCCCCCCC. The fraction of sp³-hybridized carbons (Fsp3) is 0.913. The van der Waals surface area contributed by atoms with Crippen molar-refractivity contribution in [1.29, 1.82) is 0 Å². The molecule has 6 nitrogen and oxygen atoms in total. The van der Waals surface area contributed by atoms with Crippen LogP contribution in [0.15, 0.2) is 24.3 Å². The number of unbranched alkanes of at least 4 members (excludes halogenated alkanes) is 51. The number of allylic oxidation sites excluding steroid dienone is 3. The van der Waals surface area contributed by atoms with Crippen LogP contribution in [0.5, 0.6) is 0 Å². The number of aliphatic hydroxyl groups excluding tert-OH is 2. The van der Waals surface area contributed by atoms with Gasteiger partial charge in [0.05, 0.1) is 25.4 Å². The Hall–Kier alpha value is -1.66. The lowest BCUT2D eigenvalue weighted by Gasteiger charge is -2.20. The number of amides is 1. The lowest BCUT2D eigenvalue weighted by Crippen LogP contribution is -2.45. The average Bonchev–Trinajstić information content (AvgIpc) is 3.41. The average molecular weight is 1060 g/mol. The number of nitrogens with one attached hydrogen (secondary N) is 1. The maximum atomic E-state index is 12.5. The van der Waals surface area contributed by atoms with Crippen molar-refractivity contribution in [3.63, 3.8) is 0 Å². The number of hydrogen-bond acceptors (Lipinski definition) is 5. The molecule has 444 valence electrons. The van der Waals surface area contributed by atoms with Crippen molar-refractivity contribution >= 4 is 11.9 Å². The lowest BCUT2D eigenvalue weighted by atomic mass is 10.0. The molecule has 2 atom stereocenters.